The van der Waals surface area contributed by atoms with Crippen LogP contribution in [0.2, 0.25) is 0 Å². The number of carbonyl (C=O) groups excluding carboxylic acids is 1. The molecule has 1 aromatic carbocycles. The minimum Gasteiger partial charge on any atom is -0.478 e. The molecule has 1 aliphatic heterocycles. The molecule has 0 radical (unpaired) electrons. The van der Waals surface area contributed by atoms with E-state index in [1.807, 2.05) is 27.8 Å². The zero-order chi connectivity index (χ0) is 20.3. The van der Waals surface area contributed by atoms with Crippen molar-refractivity contribution in [2.24, 2.45) is 0 Å². The monoisotopic (exact) mass is 383 g/mol. The molecule has 28 heavy (non-hydrogen) atoms. The van der Waals surface area contributed by atoms with E-state index >= 15 is 0 Å². The number of rotatable bonds is 6. The smallest absolute Gasteiger partial charge is 0.339 e. The van der Waals surface area contributed by atoms with Crippen LogP contribution in [0, 0.1) is 6.92 Å². The summed E-state index contributed by atoms with van der Waals surface area (Å²) >= 11 is 0. The van der Waals surface area contributed by atoms with Crippen LogP contribution in [0.15, 0.2) is 36.5 Å². The number of hydrogen-bond acceptors (Lipinski definition) is 3. The van der Waals surface area contributed by atoms with Gasteiger partial charge in [0, 0.05) is 13.1 Å². The van der Waals surface area contributed by atoms with Crippen molar-refractivity contribution in [2.75, 3.05) is 13.1 Å². The number of aromatic carboxylic acids is 1. The molecule has 150 valence electrons. The maximum atomic E-state index is 13.5. The summed E-state index contributed by atoms with van der Waals surface area (Å²) in [5.74, 6) is -0.750. The molecule has 2 heterocycles. The molecule has 0 spiro atoms. The minimum absolute atomic E-state index is 0.131. The second-order valence-corrected chi connectivity index (χ2v) is 7.57. The van der Waals surface area contributed by atoms with Crippen LogP contribution in [0.3, 0.4) is 0 Å². The summed E-state index contributed by atoms with van der Waals surface area (Å²) in [6.45, 7) is 7.30. The zero-order valence-corrected chi connectivity index (χ0v) is 16.9. The summed E-state index contributed by atoms with van der Waals surface area (Å²) in [4.78, 5) is 26.8. The molecule has 2 aromatic rings. The first-order valence-electron chi connectivity index (χ1n) is 10.1. The predicted octanol–water partition coefficient (Wildman–Crippen LogP) is 3.81. The Kier molecular flexibility index (Phi) is 5.87. The van der Waals surface area contributed by atoms with Crippen LogP contribution >= 0.6 is 0 Å². The fraction of sp³-hybridized carbons (Fsp3) is 0.500. The van der Waals surface area contributed by atoms with Crippen molar-refractivity contribution in [2.45, 2.75) is 57.9 Å². The third-order valence-corrected chi connectivity index (χ3v) is 6.32. The van der Waals surface area contributed by atoms with E-state index in [9.17, 15) is 14.7 Å². The van der Waals surface area contributed by atoms with E-state index in [2.05, 4.69) is 31.1 Å². The van der Waals surface area contributed by atoms with Crippen molar-refractivity contribution in [1.29, 1.82) is 0 Å². The molecule has 0 bridgehead atoms. The first kappa shape index (κ1) is 20.1. The quantitative estimate of drug-likeness (QED) is 0.823. The highest BCUT2D eigenvalue weighted by Crippen LogP contribution is 2.35. The van der Waals surface area contributed by atoms with Gasteiger partial charge in [-0.1, -0.05) is 44.2 Å². The van der Waals surface area contributed by atoms with Gasteiger partial charge in [-0.15, -0.1) is 0 Å². The van der Waals surface area contributed by atoms with Gasteiger partial charge in [0.1, 0.15) is 5.56 Å². The van der Waals surface area contributed by atoms with Crippen molar-refractivity contribution in [1.82, 2.24) is 14.7 Å². The van der Waals surface area contributed by atoms with Crippen molar-refractivity contribution >= 4 is 11.9 Å². The van der Waals surface area contributed by atoms with E-state index in [4.69, 9.17) is 0 Å². The second-order valence-electron chi connectivity index (χ2n) is 7.57. The molecule has 0 unspecified atom stereocenters. The number of benzene rings is 1. The Hall–Kier alpha value is -2.63. The summed E-state index contributed by atoms with van der Waals surface area (Å²) in [5.41, 5.74) is 1.53. The zero-order valence-electron chi connectivity index (χ0n) is 16.9. The maximum Gasteiger partial charge on any atom is 0.339 e. The van der Waals surface area contributed by atoms with E-state index in [1.54, 1.807) is 6.92 Å². The number of carboxylic acids is 1. The number of carbonyl (C=O) groups is 2. The number of likely N-dealkylation sites (tertiary alicyclic amines) is 1. The Labute approximate surface area is 166 Å². The average Bonchev–Trinajstić information content (AvgIpc) is 3.12. The van der Waals surface area contributed by atoms with Gasteiger partial charge in [0.25, 0.3) is 0 Å². The minimum atomic E-state index is -0.949. The van der Waals surface area contributed by atoms with Crippen LogP contribution in [-0.4, -0.2) is 44.8 Å². The predicted molar refractivity (Wildman–Crippen MR) is 107 cm³/mol. The number of hydrogen-bond donors (Lipinski definition) is 1. The standard InChI is InChI=1S/C22H29N3O3/c1-4-22(5-2,17-9-7-6-8-10-17)21(28)24-13-11-18(12-14-24)25-16(3)19(15-23-25)20(26)27/h6-10,15,18H,4-5,11-14H2,1-3H3,(H,26,27). The lowest BCUT2D eigenvalue weighted by atomic mass is 9.74. The third-order valence-electron chi connectivity index (χ3n) is 6.32. The van der Waals surface area contributed by atoms with Crippen LogP contribution in [0.25, 0.3) is 0 Å². The van der Waals surface area contributed by atoms with Gasteiger partial charge < -0.3 is 10.0 Å². The van der Waals surface area contributed by atoms with Crippen molar-refractivity contribution in [3.05, 3.63) is 53.3 Å². The summed E-state index contributed by atoms with van der Waals surface area (Å²) in [7, 11) is 0. The molecule has 1 saturated heterocycles. The van der Waals surface area contributed by atoms with Crippen LogP contribution in [0.4, 0.5) is 0 Å². The molecule has 1 aliphatic rings. The highest BCUT2D eigenvalue weighted by Gasteiger charge is 2.40. The Morgan fingerprint density at radius 3 is 2.25 bits per heavy atom. The SMILES string of the molecule is CCC(CC)(C(=O)N1CCC(n2ncc(C(=O)O)c2C)CC1)c1ccccc1. The third kappa shape index (κ3) is 3.43. The van der Waals surface area contributed by atoms with E-state index < -0.39 is 11.4 Å². The van der Waals surface area contributed by atoms with Gasteiger partial charge in [-0.2, -0.15) is 5.10 Å². The molecule has 1 N–H and O–H groups in total. The normalized spacial score (nSPS) is 15.6. The van der Waals surface area contributed by atoms with Gasteiger partial charge in [0.2, 0.25) is 5.91 Å². The number of amides is 1. The summed E-state index contributed by atoms with van der Waals surface area (Å²) in [6.07, 6.45) is 4.53. The average molecular weight is 383 g/mol. The molecular formula is C22H29N3O3. The Balaban J connectivity index is 1.75. The first-order chi connectivity index (χ1) is 13.4. The molecule has 0 atom stereocenters. The summed E-state index contributed by atoms with van der Waals surface area (Å²) in [6, 6.07) is 10.2. The number of nitrogens with zero attached hydrogens (tertiary/aromatic N) is 3. The lowest BCUT2D eigenvalue weighted by Gasteiger charge is -2.40. The summed E-state index contributed by atoms with van der Waals surface area (Å²) in [5, 5.41) is 13.5. The largest absolute Gasteiger partial charge is 0.478 e. The van der Waals surface area contributed by atoms with Gasteiger partial charge in [-0.25, -0.2) is 4.79 Å². The van der Waals surface area contributed by atoms with Crippen LogP contribution in [0.5, 0.6) is 0 Å². The van der Waals surface area contributed by atoms with E-state index in [0.717, 1.165) is 31.2 Å². The van der Waals surface area contributed by atoms with E-state index in [1.165, 1.54) is 6.20 Å². The lowest BCUT2D eigenvalue weighted by molar-refractivity contribution is -0.139. The van der Waals surface area contributed by atoms with Gasteiger partial charge in [-0.3, -0.25) is 9.48 Å². The van der Waals surface area contributed by atoms with Gasteiger partial charge in [0.05, 0.1) is 23.3 Å². The van der Waals surface area contributed by atoms with E-state index in [0.29, 0.717) is 18.8 Å². The van der Waals surface area contributed by atoms with Crippen molar-refractivity contribution in [3.8, 4) is 0 Å². The molecular weight excluding hydrogens is 354 g/mol. The molecule has 1 amide bonds. The van der Waals surface area contributed by atoms with Crippen molar-refractivity contribution < 1.29 is 14.7 Å². The molecule has 0 saturated carbocycles. The Morgan fingerprint density at radius 1 is 1.14 bits per heavy atom. The van der Waals surface area contributed by atoms with Crippen LogP contribution in [-0.2, 0) is 10.2 Å². The Morgan fingerprint density at radius 2 is 1.75 bits per heavy atom. The molecule has 1 fully saturated rings. The number of aromatic nitrogens is 2. The highest BCUT2D eigenvalue weighted by atomic mass is 16.4. The molecule has 0 aliphatic carbocycles. The van der Waals surface area contributed by atoms with Gasteiger partial charge in [-0.05, 0) is 38.2 Å². The fourth-order valence-electron chi connectivity index (χ4n) is 4.46. The number of piperidine rings is 1. The van der Waals surface area contributed by atoms with Crippen LogP contribution in [0.1, 0.15) is 67.2 Å². The van der Waals surface area contributed by atoms with Crippen LogP contribution < -0.4 is 0 Å². The fourth-order valence-corrected chi connectivity index (χ4v) is 4.46. The molecule has 6 nitrogen and oxygen atoms in total. The molecule has 6 heteroatoms. The van der Waals surface area contributed by atoms with Gasteiger partial charge >= 0.3 is 5.97 Å². The van der Waals surface area contributed by atoms with E-state index in [-0.39, 0.29) is 17.5 Å². The van der Waals surface area contributed by atoms with Crippen molar-refractivity contribution in [3.63, 3.8) is 0 Å². The Bertz CT molecular complexity index is 832. The molecule has 3 rings (SSSR count). The molecule has 1 aromatic heterocycles. The number of carboxylic acid groups (broad SMARTS) is 1. The first-order valence-corrected chi connectivity index (χ1v) is 10.1. The lowest BCUT2D eigenvalue weighted by Crippen LogP contribution is -2.49. The summed E-state index contributed by atoms with van der Waals surface area (Å²) < 4.78 is 1.81. The topological polar surface area (TPSA) is 75.4 Å². The second kappa shape index (κ2) is 8.17. The maximum absolute atomic E-state index is 13.5. The highest BCUT2D eigenvalue weighted by molar-refractivity contribution is 5.89. The van der Waals surface area contributed by atoms with Gasteiger partial charge in [0.15, 0.2) is 0 Å².